The van der Waals surface area contributed by atoms with E-state index in [1.54, 1.807) is 6.07 Å². The molecule has 0 aliphatic carbocycles. The van der Waals surface area contributed by atoms with E-state index in [1.165, 1.54) is 12.1 Å². The van der Waals surface area contributed by atoms with Crippen molar-refractivity contribution in [2.45, 2.75) is 26.4 Å². The summed E-state index contributed by atoms with van der Waals surface area (Å²) in [4.78, 5) is 0. The number of hydrogen-bond acceptors (Lipinski definition) is 1. The summed E-state index contributed by atoms with van der Waals surface area (Å²) in [5.74, 6) is 0. The van der Waals surface area contributed by atoms with Crippen molar-refractivity contribution in [1.82, 2.24) is 0 Å². The van der Waals surface area contributed by atoms with Gasteiger partial charge < -0.3 is 5.73 Å². The topological polar surface area (TPSA) is 26.0 Å². The Labute approximate surface area is 116 Å². The summed E-state index contributed by atoms with van der Waals surface area (Å²) < 4.78 is 38.0. The monoisotopic (exact) mass is 279 g/mol. The van der Waals surface area contributed by atoms with Crippen LogP contribution in [0.2, 0.25) is 0 Å². The van der Waals surface area contributed by atoms with E-state index >= 15 is 0 Å². The van der Waals surface area contributed by atoms with Gasteiger partial charge in [0.1, 0.15) is 0 Å². The maximum absolute atomic E-state index is 12.7. The average Bonchev–Trinajstić information content (AvgIpc) is 2.35. The molecule has 0 amide bonds. The number of benzene rings is 2. The van der Waals surface area contributed by atoms with Gasteiger partial charge in [-0.3, -0.25) is 0 Å². The summed E-state index contributed by atoms with van der Waals surface area (Å²) in [7, 11) is 0. The lowest BCUT2D eigenvalue weighted by molar-refractivity contribution is -0.137. The molecule has 0 heterocycles. The SMILES string of the molecule is Cc1cc(Cc2cccc(C(F)(F)F)c2)cc(C)c1N. The number of nitrogens with two attached hydrogens (primary N) is 1. The van der Waals surface area contributed by atoms with E-state index in [0.29, 0.717) is 12.0 Å². The molecule has 0 spiro atoms. The van der Waals surface area contributed by atoms with Crippen molar-refractivity contribution in [3.05, 3.63) is 64.2 Å². The Bertz CT molecular complexity index is 607. The fourth-order valence-corrected chi connectivity index (χ4v) is 2.26. The normalized spacial score (nSPS) is 11.7. The molecule has 2 aromatic carbocycles. The first-order valence-corrected chi connectivity index (χ1v) is 6.29. The Morgan fingerprint density at radius 1 is 0.950 bits per heavy atom. The van der Waals surface area contributed by atoms with Crippen LogP contribution in [0.3, 0.4) is 0 Å². The lowest BCUT2D eigenvalue weighted by atomic mass is 9.98. The second kappa shape index (κ2) is 5.19. The number of hydrogen-bond donors (Lipinski definition) is 1. The highest BCUT2D eigenvalue weighted by atomic mass is 19.4. The number of anilines is 1. The molecule has 1 nitrogen and oxygen atoms in total. The number of aryl methyl sites for hydroxylation is 2. The van der Waals surface area contributed by atoms with E-state index < -0.39 is 11.7 Å². The summed E-state index contributed by atoms with van der Waals surface area (Å²) >= 11 is 0. The van der Waals surface area contributed by atoms with Gasteiger partial charge in [0.05, 0.1) is 5.56 Å². The molecular weight excluding hydrogens is 263 g/mol. The molecule has 0 saturated heterocycles. The highest BCUT2D eigenvalue weighted by molar-refractivity contribution is 5.55. The van der Waals surface area contributed by atoms with Crippen molar-refractivity contribution in [1.29, 1.82) is 0 Å². The third-order valence-corrected chi connectivity index (χ3v) is 3.32. The van der Waals surface area contributed by atoms with Gasteiger partial charge in [-0.2, -0.15) is 13.2 Å². The van der Waals surface area contributed by atoms with Crippen molar-refractivity contribution in [2.75, 3.05) is 5.73 Å². The summed E-state index contributed by atoms with van der Waals surface area (Å²) in [6.45, 7) is 3.80. The Hall–Kier alpha value is -1.97. The van der Waals surface area contributed by atoms with Crippen LogP contribution in [0, 0.1) is 13.8 Å². The summed E-state index contributed by atoms with van der Waals surface area (Å²) in [5.41, 5.74) is 9.51. The number of halogens is 3. The van der Waals surface area contributed by atoms with Gasteiger partial charge in [-0.05, 0) is 48.6 Å². The third kappa shape index (κ3) is 3.13. The molecule has 0 saturated carbocycles. The molecule has 2 N–H and O–H groups in total. The Morgan fingerprint density at radius 3 is 2.10 bits per heavy atom. The number of nitrogen functional groups attached to an aromatic ring is 1. The molecule has 20 heavy (non-hydrogen) atoms. The summed E-state index contributed by atoms with van der Waals surface area (Å²) in [5, 5.41) is 0. The highest BCUT2D eigenvalue weighted by Crippen LogP contribution is 2.30. The minimum Gasteiger partial charge on any atom is -0.398 e. The van der Waals surface area contributed by atoms with Crippen LogP contribution in [0.25, 0.3) is 0 Å². The fourth-order valence-electron chi connectivity index (χ4n) is 2.26. The van der Waals surface area contributed by atoms with Crippen LogP contribution in [0.5, 0.6) is 0 Å². The molecular formula is C16H16F3N. The van der Waals surface area contributed by atoms with Gasteiger partial charge in [0.25, 0.3) is 0 Å². The first-order valence-electron chi connectivity index (χ1n) is 6.29. The molecule has 0 bridgehead atoms. The average molecular weight is 279 g/mol. The zero-order valence-electron chi connectivity index (χ0n) is 11.4. The Morgan fingerprint density at radius 2 is 1.55 bits per heavy atom. The molecule has 0 radical (unpaired) electrons. The molecule has 0 aliphatic rings. The predicted octanol–water partition coefficient (Wildman–Crippen LogP) is 4.50. The standard InChI is InChI=1S/C16H16F3N/c1-10-6-13(7-11(2)15(10)20)8-12-4-3-5-14(9-12)16(17,18)19/h3-7,9H,8,20H2,1-2H3. The molecule has 4 heteroatoms. The second-order valence-electron chi connectivity index (χ2n) is 5.02. The van der Waals surface area contributed by atoms with Crippen LogP contribution in [0.1, 0.15) is 27.8 Å². The molecule has 0 unspecified atom stereocenters. The van der Waals surface area contributed by atoms with Crippen molar-refractivity contribution in [2.24, 2.45) is 0 Å². The third-order valence-electron chi connectivity index (χ3n) is 3.32. The van der Waals surface area contributed by atoms with Gasteiger partial charge in [0, 0.05) is 5.69 Å². The number of alkyl halides is 3. The van der Waals surface area contributed by atoms with Gasteiger partial charge in [0.15, 0.2) is 0 Å². The zero-order chi connectivity index (χ0) is 14.9. The molecule has 0 fully saturated rings. The molecule has 106 valence electrons. The zero-order valence-corrected chi connectivity index (χ0v) is 11.4. The van der Waals surface area contributed by atoms with Gasteiger partial charge in [0.2, 0.25) is 0 Å². The minimum atomic E-state index is -4.30. The fraction of sp³-hybridized carbons (Fsp3) is 0.250. The maximum Gasteiger partial charge on any atom is 0.416 e. The van der Waals surface area contributed by atoms with Gasteiger partial charge >= 0.3 is 6.18 Å². The van der Waals surface area contributed by atoms with Crippen molar-refractivity contribution >= 4 is 5.69 Å². The molecule has 0 aliphatic heterocycles. The van der Waals surface area contributed by atoms with E-state index in [9.17, 15) is 13.2 Å². The van der Waals surface area contributed by atoms with Crippen LogP contribution in [0.4, 0.5) is 18.9 Å². The minimum absolute atomic E-state index is 0.464. The van der Waals surface area contributed by atoms with Gasteiger partial charge in [-0.1, -0.05) is 30.3 Å². The van der Waals surface area contributed by atoms with Crippen molar-refractivity contribution < 1.29 is 13.2 Å². The summed E-state index contributed by atoms with van der Waals surface area (Å²) in [6.07, 6.45) is -3.84. The van der Waals surface area contributed by atoms with Crippen LogP contribution in [0.15, 0.2) is 36.4 Å². The van der Waals surface area contributed by atoms with E-state index in [1.807, 2.05) is 26.0 Å². The van der Waals surface area contributed by atoms with E-state index in [4.69, 9.17) is 5.73 Å². The smallest absolute Gasteiger partial charge is 0.398 e. The molecule has 0 aromatic heterocycles. The Balaban J connectivity index is 2.31. The van der Waals surface area contributed by atoms with Crippen molar-refractivity contribution in [3.8, 4) is 0 Å². The van der Waals surface area contributed by atoms with Crippen LogP contribution < -0.4 is 5.73 Å². The lowest BCUT2D eigenvalue weighted by Gasteiger charge is -2.11. The molecule has 2 aromatic rings. The first kappa shape index (κ1) is 14.4. The van der Waals surface area contributed by atoms with E-state index in [0.717, 1.165) is 28.4 Å². The summed E-state index contributed by atoms with van der Waals surface area (Å²) in [6, 6.07) is 9.26. The van der Waals surface area contributed by atoms with Crippen LogP contribution in [-0.2, 0) is 12.6 Å². The molecule has 0 atom stereocenters. The predicted molar refractivity (Wildman–Crippen MR) is 74.6 cm³/mol. The number of rotatable bonds is 2. The van der Waals surface area contributed by atoms with Crippen molar-refractivity contribution in [3.63, 3.8) is 0 Å². The first-order chi connectivity index (χ1) is 9.27. The van der Waals surface area contributed by atoms with E-state index in [-0.39, 0.29) is 0 Å². The lowest BCUT2D eigenvalue weighted by Crippen LogP contribution is -2.05. The maximum atomic E-state index is 12.7. The highest BCUT2D eigenvalue weighted by Gasteiger charge is 2.30. The van der Waals surface area contributed by atoms with E-state index in [2.05, 4.69) is 0 Å². The largest absolute Gasteiger partial charge is 0.416 e. The van der Waals surface area contributed by atoms with Gasteiger partial charge in [-0.25, -0.2) is 0 Å². The second-order valence-corrected chi connectivity index (χ2v) is 5.02. The Kier molecular flexibility index (Phi) is 3.75. The van der Waals surface area contributed by atoms with Crippen LogP contribution in [-0.4, -0.2) is 0 Å². The molecule has 2 rings (SSSR count). The van der Waals surface area contributed by atoms with Crippen LogP contribution >= 0.6 is 0 Å². The quantitative estimate of drug-likeness (QED) is 0.805. The van der Waals surface area contributed by atoms with Gasteiger partial charge in [-0.15, -0.1) is 0 Å².